The lowest BCUT2D eigenvalue weighted by Gasteiger charge is -2.27. The maximum atomic E-state index is 12.4. The zero-order valence-electron chi connectivity index (χ0n) is 14.8. The normalized spacial score (nSPS) is 14.5. The van der Waals surface area contributed by atoms with Crippen molar-refractivity contribution in [3.05, 3.63) is 47.7 Å². The molecule has 0 spiro atoms. The van der Waals surface area contributed by atoms with Gasteiger partial charge in [-0.3, -0.25) is 4.90 Å². The number of likely N-dealkylation sites (N-methyl/N-ethyl adjacent to an activating group) is 1. The van der Waals surface area contributed by atoms with E-state index in [4.69, 9.17) is 4.74 Å². The van der Waals surface area contributed by atoms with Crippen molar-refractivity contribution in [3.63, 3.8) is 0 Å². The van der Waals surface area contributed by atoms with E-state index in [0.717, 1.165) is 20.0 Å². The first kappa shape index (κ1) is 20.9. The molecule has 0 aliphatic rings. The van der Waals surface area contributed by atoms with Gasteiger partial charge in [-0.2, -0.15) is 13.2 Å². The lowest BCUT2D eigenvalue weighted by molar-refractivity contribution is -0.0914. The Morgan fingerprint density at radius 2 is 1.96 bits per heavy atom. The quantitative estimate of drug-likeness (QED) is 0.536. The number of alkyl halides is 3. The molecule has 1 aromatic rings. The summed E-state index contributed by atoms with van der Waals surface area (Å²) in [7, 11) is 0. The molecule has 0 unspecified atom stereocenters. The van der Waals surface area contributed by atoms with Gasteiger partial charge in [-0.25, -0.2) is 9.98 Å². The molecule has 0 amide bonds. The van der Waals surface area contributed by atoms with Crippen LogP contribution in [0.25, 0.3) is 0 Å². The maximum Gasteiger partial charge on any atom is 0.413 e. The van der Waals surface area contributed by atoms with Gasteiger partial charge in [-0.15, -0.1) is 0 Å². The SMILES string of the molecule is C=NC(=N/C=C(\C)C(F)(F)F)OC[C@H](C)N(CC)Cc1ccccc1. The van der Waals surface area contributed by atoms with Gasteiger partial charge in [-0.05, 0) is 32.7 Å². The molecular weight excluding hydrogens is 331 g/mol. The molecule has 0 N–H and O–H groups in total. The van der Waals surface area contributed by atoms with Gasteiger partial charge in [0.15, 0.2) is 0 Å². The van der Waals surface area contributed by atoms with Crippen LogP contribution in [0.3, 0.4) is 0 Å². The number of rotatable bonds is 7. The molecule has 7 heteroatoms. The van der Waals surface area contributed by atoms with Gasteiger partial charge < -0.3 is 4.74 Å². The highest BCUT2D eigenvalue weighted by Gasteiger charge is 2.29. The van der Waals surface area contributed by atoms with Gasteiger partial charge in [0.25, 0.3) is 0 Å². The summed E-state index contributed by atoms with van der Waals surface area (Å²) in [5.41, 5.74) is 0.347. The average molecular weight is 355 g/mol. The third kappa shape index (κ3) is 7.51. The Labute approximate surface area is 146 Å². The molecule has 0 bridgehead atoms. The number of allylic oxidation sites excluding steroid dienone is 1. The fourth-order valence-electron chi connectivity index (χ4n) is 2.05. The van der Waals surface area contributed by atoms with Gasteiger partial charge in [0.1, 0.15) is 6.61 Å². The summed E-state index contributed by atoms with van der Waals surface area (Å²) >= 11 is 0. The summed E-state index contributed by atoms with van der Waals surface area (Å²) < 4.78 is 42.7. The Balaban J connectivity index is 2.65. The number of hydrogen-bond donors (Lipinski definition) is 0. The van der Waals surface area contributed by atoms with Crippen molar-refractivity contribution >= 4 is 12.7 Å². The van der Waals surface area contributed by atoms with E-state index >= 15 is 0 Å². The van der Waals surface area contributed by atoms with Crippen LogP contribution in [0.5, 0.6) is 0 Å². The number of hydrogen-bond acceptors (Lipinski definition) is 3. The number of ether oxygens (including phenoxy) is 1. The molecule has 0 aliphatic heterocycles. The molecule has 1 aromatic carbocycles. The van der Waals surface area contributed by atoms with Crippen LogP contribution in [0.1, 0.15) is 26.3 Å². The van der Waals surface area contributed by atoms with Crippen molar-refractivity contribution in [2.45, 2.75) is 39.5 Å². The van der Waals surface area contributed by atoms with Crippen LogP contribution in [0, 0.1) is 0 Å². The zero-order chi connectivity index (χ0) is 18.9. The number of aliphatic imine (C=N–C) groups is 2. The lowest BCUT2D eigenvalue weighted by atomic mass is 10.2. The average Bonchev–Trinajstić information content (AvgIpc) is 2.59. The van der Waals surface area contributed by atoms with E-state index in [0.29, 0.717) is 6.20 Å². The van der Waals surface area contributed by atoms with Crippen molar-refractivity contribution < 1.29 is 17.9 Å². The number of amidine groups is 1. The first-order chi connectivity index (χ1) is 11.8. The van der Waals surface area contributed by atoms with Crippen LogP contribution < -0.4 is 0 Å². The van der Waals surface area contributed by atoms with Gasteiger partial charge >= 0.3 is 12.2 Å². The summed E-state index contributed by atoms with van der Waals surface area (Å²) in [5.74, 6) is 0. The summed E-state index contributed by atoms with van der Waals surface area (Å²) in [4.78, 5) is 9.33. The summed E-state index contributed by atoms with van der Waals surface area (Å²) in [6.45, 7) is 10.0. The Morgan fingerprint density at radius 3 is 2.48 bits per heavy atom. The Kier molecular flexibility index (Phi) is 8.34. The summed E-state index contributed by atoms with van der Waals surface area (Å²) in [5, 5.41) is 0. The fourth-order valence-corrected chi connectivity index (χ4v) is 2.05. The van der Waals surface area contributed by atoms with Crippen molar-refractivity contribution in [1.82, 2.24) is 4.90 Å². The number of nitrogens with zero attached hydrogens (tertiary/aromatic N) is 3. The van der Waals surface area contributed by atoms with E-state index in [-0.39, 0.29) is 18.7 Å². The van der Waals surface area contributed by atoms with Gasteiger partial charge in [0, 0.05) is 24.4 Å². The third-order valence-corrected chi connectivity index (χ3v) is 3.66. The fraction of sp³-hybridized carbons (Fsp3) is 0.444. The minimum absolute atomic E-state index is 0.0323. The van der Waals surface area contributed by atoms with Crippen LogP contribution in [-0.2, 0) is 11.3 Å². The monoisotopic (exact) mass is 355 g/mol. The third-order valence-electron chi connectivity index (χ3n) is 3.66. The lowest BCUT2D eigenvalue weighted by Crippen LogP contribution is -2.36. The van der Waals surface area contributed by atoms with E-state index in [1.807, 2.05) is 44.2 Å². The standard InChI is InChI=1S/C18H24F3N3O/c1-5-24(12-16-9-7-6-8-10-16)15(3)13-25-17(22-4)23-11-14(2)18(19,20)21/h6-11,15H,4-5,12-13H2,1-3H3/b14-11+,23-17?/t15-/m0/s1. The zero-order valence-corrected chi connectivity index (χ0v) is 14.8. The van der Waals surface area contributed by atoms with Gasteiger partial charge in [-0.1, -0.05) is 37.3 Å². The van der Waals surface area contributed by atoms with E-state index in [1.165, 1.54) is 5.56 Å². The van der Waals surface area contributed by atoms with Crippen LogP contribution in [0.2, 0.25) is 0 Å². The van der Waals surface area contributed by atoms with Crippen molar-refractivity contribution in [1.29, 1.82) is 0 Å². The van der Waals surface area contributed by atoms with Gasteiger partial charge in [0.2, 0.25) is 0 Å². The molecule has 1 rings (SSSR count). The van der Waals surface area contributed by atoms with Crippen LogP contribution >= 0.6 is 0 Å². The van der Waals surface area contributed by atoms with Crippen molar-refractivity contribution in [2.75, 3.05) is 13.2 Å². The van der Waals surface area contributed by atoms with Crippen LogP contribution in [0.15, 0.2) is 52.1 Å². The highest BCUT2D eigenvalue weighted by Crippen LogP contribution is 2.24. The molecule has 25 heavy (non-hydrogen) atoms. The van der Waals surface area contributed by atoms with Crippen molar-refractivity contribution in [2.24, 2.45) is 9.98 Å². The first-order valence-corrected chi connectivity index (χ1v) is 7.97. The topological polar surface area (TPSA) is 37.2 Å². The van der Waals surface area contributed by atoms with E-state index in [9.17, 15) is 13.2 Å². The molecule has 0 saturated heterocycles. The van der Waals surface area contributed by atoms with E-state index in [2.05, 4.69) is 21.6 Å². The first-order valence-electron chi connectivity index (χ1n) is 7.97. The predicted octanol–water partition coefficient (Wildman–Crippen LogP) is 4.44. The summed E-state index contributed by atoms with van der Waals surface area (Å²) in [6, 6.07) is 9.86. The summed E-state index contributed by atoms with van der Waals surface area (Å²) in [6.07, 6.45) is -3.73. The molecular formula is C18H24F3N3O. The minimum atomic E-state index is -4.42. The highest BCUT2D eigenvalue weighted by molar-refractivity contribution is 5.79. The molecule has 0 aromatic heterocycles. The van der Waals surface area contributed by atoms with Gasteiger partial charge in [0.05, 0.1) is 0 Å². The molecule has 0 fully saturated rings. The predicted molar refractivity (Wildman–Crippen MR) is 94.7 cm³/mol. The van der Waals surface area contributed by atoms with Crippen LogP contribution in [-0.4, -0.2) is 43.0 Å². The Hall–Kier alpha value is -2.15. The second kappa shape index (κ2) is 9.98. The molecule has 0 radical (unpaired) electrons. The maximum absolute atomic E-state index is 12.4. The molecule has 4 nitrogen and oxygen atoms in total. The second-order valence-electron chi connectivity index (χ2n) is 5.59. The van der Waals surface area contributed by atoms with E-state index < -0.39 is 11.7 Å². The Bertz CT molecular complexity index is 597. The van der Waals surface area contributed by atoms with Crippen molar-refractivity contribution in [3.8, 4) is 0 Å². The molecule has 0 aliphatic carbocycles. The highest BCUT2D eigenvalue weighted by atomic mass is 19.4. The number of halogens is 3. The number of benzene rings is 1. The molecule has 0 saturated carbocycles. The minimum Gasteiger partial charge on any atom is -0.462 e. The van der Waals surface area contributed by atoms with E-state index in [1.54, 1.807) is 0 Å². The molecule has 0 heterocycles. The smallest absolute Gasteiger partial charge is 0.413 e. The van der Waals surface area contributed by atoms with Crippen LogP contribution in [0.4, 0.5) is 13.2 Å². The second-order valence-corrected chi connectivity index (χ2v) is 5.59. The molecule has 138 valence electrons. The largest absolute Gasteiger partial charge is 0.462 e. The Morgan fingerprint density at radius 1 is 1.32 bits per heavy atom. The molecule has 1 atom stereocenters.